The molecule has 2 fully saturated rings. The molecule has 3 heterocycles. The van der Waals surface area contributed by atoms with Crippen LogP contribution < -0.4 is 5.32 Å². The Kier molecular flexibility index (Phi) is 4.32. The molecule has 9 heteroatoms. The van der Waals surface area contributed by atoms with Crippen molar-refractivity contribution in [2.24, 2.45) is 11.3 Å². The predicted octanol–water partition coefficient (Wildman–Crippen LogP) is 0.843. The molecule has 2 saturated carbocycles. The number of fused-ring (bicyclic) bond motifs is 2. The highest BCUT2D eigenvalue weighted by molar-refractivity contribution is 5.88. The number of imidazole rings is 1. The molecule has 2 aliphatic rings. The average Bonchev–Trinajstić information content (AvgIpc) is 3.30. The van der Waals surface area contributed by atoms with Crippen LogP contribution in [0.4, 0.5) is 5.82 Å². The molecule has 0 aromatic carbocycles. The maximum atomic E-state index is 12.2. The summed E-state index contributed by atoms with van der Waals surface area (Å²) in [5.74, 6) is 6.54. The number of Topliss-reactive ketones (excluding diaryl/α,β-unsaturated/α-hetero) is 1. The Hall–Kier alpha value is -3.35. The summed E-state index contributed by atoms with van der Waals surface area (Å²) in [6.45, 7) is 3.41. The van der Waals surface area contributed by atoms with Gasteiger partial charge in [0.05, 0.1) is 23.9 Å². The zero-order valence-corrected chi connectivity index (χ0v) is 17.4. The normalized spacial score (nSPS) is 28.7. The molecule has 5 atom stereocenters. The summed E-state index contributed by atoms with van der Waals surface area (Å²) in [6.07, 6.45) is 3.37. The first-order chi connectivity index (χ1) is 14.9. The molecule has 31 heavy (non-hydrogen) atoms. The molecular formula is C22H22N6O3. The number of aliphatic hydroxyl groups is 2. The Labute approximate surface area is 178 Å². The van der Waals surface area contributed by atoms with E-state index in [0.717, 1.165) is 11.1 Å². The summed E-state index contributed by atoms with van der Waals surface area (Å²) >= 11 is 0. The molecule has 2 aliphatic carbocycles. The van der Waals surface area contributed by atoms with Crippen LogP contribution in [0.3, 0.4) is 0 Å². The molecular weight excluding hydrogens is 396 g/mol. The van der Waals surface area contributed by atoms with Gasteiger partial charge in [0, 0.05) is 25.0 Å². The lowest BCUT2D eigenvalue weighted by Gasteiger charge is -2.23. The van der Waals surface area contributed by atoms with Crippen LogP contribution in [0.2, 0.25) is 0 Å². The number of aryl methyl sites for hydroxylation is 1. The minimum Gasteiger partial charge on any atom is -0.389 e. The Balaban J connectivity index is 1.59. The first-order valence-electron chi connectivity index (χ1n) is 10.1. The number of ketones is 1. The first kappa shape index (κ1) is 19.6. The number of carbonyl (C=O) groups is 1. The summed E-state index contributed by atoms with van der Waals surface area (Å²) in [6, 6.07) is 1.43. The summed E-state index contributed by atoms with van der Waals surface area (Å²) < 4.78 is 1.74. The van der Waals surface area contributed by atoms with E-state index in [2.05, 4.69) is 37.1 Å². The molecule has 158 valence electrons. The SMILES string of the molecule is CNc1nc(C#Cc2cncc(C)c2)nc2c1ncn2[C@@H]1C2C[C@@]2(C(C)=O)C(O)[C@H]1O. The number of aromatic nitrogens is 5. The van der Waals surface area contributed by atoms with Crippen molar-refractivity contribution in [1.82, 2.24) is 24.5 Å². The summed E-state index contributed by atoms with van der Waals surface area (Å²) in [7, 11) is 1.73. The molecule has 3 aromatic heterocycles. The van der Waals surface area contributed by atoms with Crippen LogP contribution in [0, 0.1) is 30.1 Å². The van der Waals surface area contributed by atoms with Gasteiger partial charge in [-0.2, -0.15) is 0 Å². The van der Waals surface area contributed by atoms with Crippen LogP contribution in [-0.4, -0.2) is 59.8 Å². The van der Waals surface area contributed by atoms with Gasteiger partial charge in [-0.3, -0.25) is 9.78 Å². The Bertz CT molecular complexity index is 1280. The number of aliphatic hydroxyl groups excluding tert-OH is 2. The van der Waals surface area contributed by atoms with E-state index in [1.165, 1.54) is 6.92 Å². The minimum absolute atomic E-state index is 0.0974. The van der Waals surface area contributed by atoms with Crippen molar-refractivity contribution in [3.63, 3.8) is 0 Å². The largest absolute Gasteiger partial charge is 0.389 e. The number of nitrogens with zero attached hydrogens (tertiary/aromatic N) is 5. The van der Waals surface area contributed by atoms with Crippen LogP contribution >= 0.6 is 0 Å². The van der Waals surface area contributed by atoms with Crippen molar-refractivity contribution in [1.29, 1.82) is 0 Å². The quantitative estimate of drug-likeness (QED) is 0.535. The number of pyridine rings is 1. The molecule has 9 nitrogen and oxygen atoms in total. The zero-order valence-electron chi connectivity index (χ0n) is 17.4. The zero-order chi connectivity index (χ0) is 21.9. The maximum Gasteiger partial charge on any atom is 0.209 e. The number of anilines is 1. The van der Waals surface area contributed by atoms with E-state index in [1.54, 1.807) is 30.3 Å². The van der Waals surface area contributed by atoms with Crippen LogP contribution in [-0.2, 0) is 4.79 Å². The van der Waals surface area contributed by atoms with Gasteiger partial charge in [0.2, 0.25) is 5.82 Å². The number of hydrogen-bond donors (Lipinski definition) is 3. The molecule has 3 N–H and O–H groups in total. The van der Waals surface area contributed by atoms with Gasteiger partial charge in [0.15, 0.2) is 17.0 Å². The van der Waals surface area contributed by atoms with Gasteiger partial charge in [0.1, 0.15) is 11.9 Å². The number of nitrogens with one attached hydrogen (secondary N) is 1. The summed E-state index contributed by atoms with van der Waals surface area (Å²) in [5, 5.41) is 24.3. The summed E-state index contributed by atoms with van der Waals surface area (Å²) in [5.41, 5.74) is 1.91. The molecule has 2 unspecified atom stereocenters. The Morgan fingerprint density at radius 2 is 2.10 bits per heavy atom. The highest BCUT2D eigenvalue weighted by Crippen LogP contribution is 2.68. The van der Waals surface area contributed by atoms with Gasteiger partial charge in [-0.25, -0.2) is 15.0 Å². The number of carbonyl (C=O) groups excluding carboxylic acids is 1. The van der Waals surface area contributed by atoms with Crippen molar-refractivity contribution < 1.29 is 15.0 Å². The molecule has 0 aliphatic heterocycles. The van der Waals surface area contributed by atoms with Crippen LogP contribution in [0.15, 0.2) is 24.8 Å². The van der Waals surface area contributed by atoms with E-state index in [4.69, 9.17) is 0 Å². The van der Waals surface area contributed by atoms with E-state index < -0.39 is 23.7 Å². The van der Waals surface area contributed by atoms with Gasteiger partial charge in [-0.1, -0.05) is 5.92 Å². The van der Waals surface area contributed by atoms with Gasteiger partial charge < -0.3 is 20.1 Å². The van der Waals surface area contributed by atoms with E-state index in [-0.39, 0.29) is 11.7 Å². The van der Waals surface area contributed by atoms with E-state index in [1.807, 2.05) is 13.0 Å². The topological polar surface area (TPSA) is 126 Å². The highest BCUT2D eigenvalue weighted by Gasteiger charge is 2.74. The fraction of sp³-hybridized carbons (Fsp3) is 0.409. The average molecular weight is 418 g/mol. The fourth-order valence-corrected chi connectivity index (χ4v) is 4.89. The Morgan fingerprint density at radius 1 is 1.29 bits per heavy atom. The fourth-order valence-electron chi connectivity index (χ4n) is 4.89. The maximum absolute atomic E-state index is 12.2. The van der Waals surface area contributed by atoms with E-state index >= 15 is 0 Å². The Morgan fingerprint density at radius 3 is 2.77 bits per heavy atom. The van der Waals surface area contributed by atoms with Crippen molar-refractivity contribution in [2.45, 2.75) is 38.5 Å². The lowest BCUT2D eigenvalue weighted by molar-refractivity contribution is -0.128. The second kappa shape index (κ2) is 6.83. The second-order valence-electron chi connectivity index (χ2n) is 8.30. The second-order valence-corrected chi connectivity index (χ2v) is 8.30. The van der Waals surface area contributed by atoms with Gasteiger partial charge >= 0.3 is 0 Å². The van der Waals surface area contributed by atoms with Gasteiger partial charge in [-0.05, 0) is 43.7 Å². The standard InChI is InChI=1S/C22H22N6O3/c1-11-6-13(9-24-8-11)4-5-15-26-20(23-3)16-21(27-15)28(10-25-16)17-14-7-22(14,12(2)29)19(31)18(17)30/h6,8-10,14,17-19,30-31H,7H2,1-3H3,(H,23,26,27)/t14?,17-,18+,19?,22+/m1/s1. The highest BCUT2D eigenvalue weighted by atomic mass is 16.3. The molecule has 0 bridgehead atoms. The predicted molar refractivity (Wildman–Crippen MR) is 112 cm³/mol. The van der Waals surface area contributed by atoms with E-state index in [9.17, 15) is 15.0 Å². The third-order valence-corrected chi connectivity index (χ3v) is 6.50. The smallest absolute Gasteiger partial charge is 0.209 e. The lowest BCUT2D eigenvalue weighted by Crippen LogP contribution is -2.36. The third kappa shape index (κ3) is 2.83. The third-order valence-electron chi connectivity index (χ3n) is 6.50. The lowest BCUT2D eigenvalue weighted by atomic mass is 9.95. The molecule has 5 rings (SSSR count). The summed E-state index contributed by atoms with van der Waals surface area (Å²) in [4.78, 5) is 29.8. The molecule has 0 spiro atoms. The molecule has 3 aromatic rings. The van der Waals surface area contributed by atoms with Crippen LogP contribution in [0.5, 0.6) is 0 Å². The van der Waals surface area contributed by atoms with E-state index in [0.29, 0.717) is 29.2 Å². The minimum atomic E-state index is -1.10. The van der Waals surface area contributed by atoms with Crippen LogP contribution in [0.1, 0.15) is 36.3 Å². The number of hydrogen-bond acceptors (Lipinski definition) is 8. The molecule has 0 saturated heterocycles. The van der Waals surface area contributed by atoms with Gasteiger partial charge in [0.25, 0.3) is 0 Å². The van der Waals surface area contributed by atoms with Crippen LogP contribution in [0.25, 0.3) is 11.2 Å². The number of rotatable bonds is 3. The van der Waals surface area contributed by atoms with Crippen molar-refractivity contribution in [2.75, 3.05) is 12.4 Å². The molecule has 0 radical (unpaired) electrons. The van der Waals surface area contributed by atoms with Gasteiger partial charge in [-0.15, -0.1) is 0 Å². The van der Waals surface area contributed by atoms with Crippen molar-refractivity contribution in [3.8, 4) is 11.8 Å². The first-order valence-corrected chi connectivity index (χ1v) is 10.1. The van der Waals surface area contributed by atoms with Crippen molar-refractivity contribution in [3.05, 3.63) is 41.7 Å². The molecule has 0 amide bonds. The monoisotopic (exact) mass is 418 g/mol. The van der Waals surface area contributed by atoms with Crippen molar-refractivity contribution >= 4 is 22.8 Å².